The fourth-order valence-corrected chi connectivity index (χ4v) is 3.30. The molecule has 0 saturated carbocycles. The van der Waals surface area contributed by atoms with Gasteiger partial charge in [0.25, 0.3) is 0 Å². The number of fused-ring (bicyclic) bond motifs is 1. The molecule has 1 aromatic carbocycles. The zero-order valence-electron chi connectivity index (χ0n) is 16.6. The summed E-state index contributed by atoms with van der Waals surface area (Å²) in [5, 5.41) is 1.01. The van der Waals surface area contributed by atoms with Gasteiger partial charge in [-0.1, -0.05) is 18.2 Å². The molecule has 8 nitrogen and oxygen atoms in total. The van der Waals surface area contributed by atoms with E-state index in [0.717, 1.165) is 42.4 Å². The second kappa shape index (κ2) is 9.07. The molecular formula is C20H27N3O5. The molecule has 0 N–H and O–H groups in total. The molecule has 1 saturated heterocycles. The second-order valence-corrected chi connectivity index (χ2v) is 7.31. The van der Waals surface area contributed by atoms with Crippen LogP contribution in [-0.4, -0.2) is 80.3 Å². The SMILES string of the molecule is CN(C)CCc1cn(C(=O)OCOC(=O)OC2CCN(C)C2)c2ccccc12. The van der Waals surface area contributed by atoms with E-state index in [0.29, 0.717) is 6.54 Å². The molecule has 0 spiro atoms. The van der Waals surface area contributed by atoms with Crippen molar-refractivity contribution in [1.82, 2.24) is 14.4 Å². The molecule has 0 aliphatic carbocycles. The second-order valence-electron chi connectivity index (χ2n) is 7.31. The van der Waals surface area contributed by atoms with Gasteiger partial charge in [-0.15, -0.1) is 0 Å². The number of benzene rings is 1. The van der Waals surface area contributed by atoms with Crippen molar-refractivity contribution in [3.63, 3.8) is 0 Å². The summed E-state index contributed by atoms with van der Waals surface area (Å²) in [5.41, 5.74) is 1.82. The van der Waals surface area contributed by atoms with E-state index in [-0.39, 0.29) is 6.10 Å². The summed E-state index contributed by atoms with van der Waals surface area (Å²) < 4.78 is 16.6. The quantitative estimate of drug-likeness (QED) is 0.555. The molecule has 1 fully saturated rings. The zero-order valence-corrected chi connectivity index (χ0v) is 16.6. The van der Waals surface area contributed by atoms with Crippen molar-refractivity contribution < 1.29 is 23.8 Å². The lowest BCUT2D eigenvalue weighted by Crippen LogP contribution is -2.24. The molecule has 3 rings (SSSR count). The van der Waals surface area contributed by atoms with E-state index in [9.17, 15) is 9.59 Å². The number of carbonyl (C=O) groups is 2. The average Bonchev–Trinajstić information content (AvgIpc) is 3.23. The Labute approximate surface area is 164 Å². The van der Waals surface area contributed by atoms with Crippen molar-refractivity contribution in [2.75, 3.05) is 47.6 Å². The van der Waals surface area contributed by atoms with Crippen LogP contribution in [-0.2, 0) is 20.6 Å². The summed E-state index contributed by atoms with van der Waals surface area (Å²) in [7, 11) is 5.98. The van der Waals surface area contributed by atoms with Crippen LogP contribution >= 0.6 is 0 Å². The van der Waals surface area contributed by atoms with Crippen LogP contribution in [0.2, 0.25) is 0 Å². The summed E-state index contributed by atoms with van der Waals surface area (Å²) in [6.07, 6.45) is 1.77. The maximum Gasteiger partial charge on any atom is 0.511 e. The lowest BCUT2D eigenvalue weighted by Gasteiger charge is -2.12. The number of rotatable bonds is 6. The van der Waals surface area contributed by atoms with Gasteiger partial charge in [0.15, 0.2) is 0 Å². The fourth-order valence-electron chi connectivity index (χ4n) is 3.30. The Morgan fingerprint density at radius 2 is 2.00 bits per heavy atom. The van der Waals surface area contributed by atoms with Gasteiger partial charge in [-0.05, 0) is 45.6 Å². The van der Waals surface area contributed by atoms with Crippen LogP contribution in [0.15, 0.2) is 30.5 Å². The van der Waals surface area contributed by atoms with Gasteiger partial charge < -0.3 is 24.0 Å². The van der Waals surface area contributed by atoms with Gasteiger partial charge in [0.1, 0.15) is 6.10 Å². The number of aromatic nitrogens is 1. The van der Waals surface area contributed by atoms with Gasteiger partial charge >= 0.3 is 12.2 Å². The van der Waals surface area contributed by atoms with Gasteiger partial charge in [0.05, 0.1) is 5.52 Å². The number of likely N-dealkylation sites (tertiary alicyclic amines) is 1. The van der Waals surface area contributed by atoms with Crippen LogP contribution in [0.25, 0.3) is 10.9 Å². The normalized spacial score (nSPS) is 17.2. The number of carbonyl (C=O) groups excluding carboxylic acids is 2. The summed E-state index contributed by atoms with van der Waals surface area (Å²) in [4.78, 5) is 28.4. The lowest BCUT2D eigenvalue weighted by molar-refractivity contribution is -0.0273. The first-order chi connectivity index (χ1) is 13.4. The summed E-state index contributed by atoms with van der Waals surface area (Å²) >= 11 is 0. The maximum atomic E-state index is 12.5. The van der Waals surface area contributed by atoms with Crippen molar-refractivity contribution in [2.24, 2.45) is 0 Å². The highest BCUT2D eigenvalue weighted by Crippen LogP contribution is 2.22. The minimum absolute atomic E-state index is 0.180. The van der Waals surface area contributed by atoms with Crippen LogP contribution in [0.4, 0.5) is 9.59 Å². The van der Waals surface area contributed by atoms with Gasteiger partial charge in [-0.2, -0.15) is 0 Å². The van der Waals surface area contributed by atoms with Crippen molar-refractivity contribution in [3.8, 4) is 0 Å². The van der Waals surface area contributed by atoms with E-state index in [4.69, 9.17) is 14.2 Å². The Hall–Kier alpha value is -2.58. The number of para-hydroxylation sites is 1. The van der Waals surface area contributed by atoms with Crippen molar-refractivity contribution in [2.45, 2.75) is 18.9 Å². The summed E-state index contributed by atoms with van der Waals surface area (Å²) in [6, 6.07) is 7.66. The number of nitrogens with zero attached hydrogens (tertiary/aromatic N) is 3. The Morgan fingerprint density at radius 3 is 2.71 bits per heavy atom. The fraction of sp³-hybridized carbons (Fsp3) is 0.500. The van der Waals surface area contributed by atoms with Gasteiger partial charge in [-0.25, -0.2) is 9.59 Å². The van der Waals surface area contributed by atoms with E-state index in [2.05, 4.69) is 9.80 Å². The molecule has 1 unspecified atom stereocenters. The minimum atomic E-state index is -0.822. The number of ether oxygens (including phenoxy) is 3. The molecule has 0 bridgehead atoms. The predicted molar refractivity (Wildman–Crippen MR) is 104 cm³/mol. The van der Waals surface area contributed by atoms with Crippen LogP contribution in [0, 0.1) is 0 Å². The zero-order chi connectivity index (χ0) is 20.1. The van der Waals surface area contributed by atoms with Crippen molar-refractivity contribution in [3.05, 3.63) is 36.0 Å². The first-order valence-corrected chi connectivity index (χ1v) is 9.37. The average molecular weight is 389 g/mol. The highest BCUT2D eigenvalue weighted by Gasteiger charge is 2.24. The highest BCUT2D eigenvalue weighted by atomic mass is 16.8. The van der Waals surface area contributed by atoms with E-state index in [1.807, 2.05) is 45.4 Å². The minimum Gasteiger partial charge on any atom is -0.429 e. The number of hydrogen-bond acceptors (Lipinski definition) is 7. The third-order valence-corrected chi connectivity index (χ3v) is 4.79. The first kappa shape index (κ1) is 20.2. The van der Waals surface area contributed by atoms with Crippen LogP contribution in [0.5, 0.6) is 0 Å². The molecule has 2 heterocycles. The predicted octanol–water partition coefficient (Wildman–Crippen LogP) is 2.54. The van der Waals surface area contributed by atoms with E-state index >= 15 is 0 Å². The van der Waals surface area contributed by atoms with Crippen LogP contribution in [0.3, 0.4) is 0 Å². The Morgan fingerprint density at radius 1 is 1.21 bits per heavy atom. The topological polar surface area (TPSA) is 73.2 Å². The van der Waals surface area contributed by atoms with E-state index in [1.165, 1.54) is 4.57 Å². The molecule has 0 radical (unpaired) electrons. The molecule has 1 aliphatic rings. The highest BCUT2D eigenvalue weighted by molar-refractivity contribution is 5.92. The third kappa shape index (κ3) is 5.02. The number of likely N-dealkylation sites (N-methyl/N-ethyl adjacent to an activating group) is 2. The molecular weight excluding hydrogens is 362 g/mol. The van der Waals surface area contributed by atoms with Gasteiger partial charge in [0, 0.05) is 31.2 Å². The molecule has 152 valence electrons. The molecule has 28 heavy (non-hydrogen) atoms. The van der Waals surface area contributed by atoms with Gasteiger partial charge in [0.2, 0.25) is 6.79 Å². The molecule has 1 atom stereocenters. The Bertz CT molecular complexity index is 832. The van der Waals surface area contributed by atoms with Gasteiger partial charge in [-0.3, -0.25) is 4.57 Å². The Balaban J connectivity index is 1.56. The molecule has 0 amide bonds. The number of hydrogen-bond donors (Lipinski definition) is 0. The summed E-state index contributed by atoms with van der Waals surface area (Å²) in [6.45, 7) is 1.94. The van der Waals surface area contributed by atoms with E-state index in [1.54, 1.807) is 6.20 Å². The monoisotopic (exact) mass is 389 g/mol. The maximum absolute atomic E-state index is 12.5. The summed E-state index contributed by atoms with van der Waals surface area (Å²) in [5.74, 6) is 0. The Kier molecular flexibility index (Phi) is 6.53. The van der Waals surface area contributed by atoms with Crippen LogP contribution < -0.4 is 0 Å². The van der Waals surface area contributed by atoms with Crippen molar-refractivity contribution >= 4 is 23.2 Å². The molecule has 1 aliphatic heterocycles. The van der Waals surface area contributed by atoms with E-state index < -0.39 is 19.0 Å². The molecule has 1 aromatic heterocycles. The van der Waals surface area contributed by atoms with Crippen LogP contribution in [0.1, 0.15) is 12.0 Å². The largest absolute Gasteiger partial charge is 0.511 e. The lowest BCUT2D eigenvalue weighted by atomic mass is 10.1. The van der Waals surface area contributed by atoms with Crippen molar-refractivity contribution in [1.29, 1.82) is 0 Å². The third-order valence-electron chi connectivity index (χ3n) is 4.79. The standard InChI is InChI=1S/C20H27N3O5/c1-21(2)10-8-15-12-23(18-7-5-4-6-17(15)18)19(24)26-14-27-20(25)28-16-9-11-22(3)13-16/h4-7,12,16H,8-11,13-14H2,1-3H3. The smallest absolute Gasteiger partial charge is 0.429 e. The first-order valence-electron chi connectivity index (χ1n) is 9.37. The molecule has 8 heteroatoms. The molecule has 2 aromatic rings.